The van der Waals surface area contributed by atoms with Crippen LogP contribution in [0.15, 0.2) is 23.8 Å². The van der Waals surface area contributed by atoms with Gasteiger partial charge in [-0.3, -0.25) is 14.4 Å². The molecule has 0 spiro atoms. The monoisotopic (exact) mass is 494 g/mol. The summed E-state index contributed by atoms with van der Waals surface area (Å²) in [7, 11) is 0. The van der Waals surface area contributed by atoms with Crippen LogP contribution in [0.4, 0.5) is 8.78 Å². The number of allylic oxidation sites excluding steroid dienone is 4. The summed E-state index contributed by atoms with van der Waals surface area (Å²) in [5.41, 5.74) is -6.74. The van der Waals surface area contributed by atoms with Gasteiger partial charge in [0.25, 0.3) is 0 Å². The smallest absolute Gasteiger partial charge is 0.306 e. The maximum atomic E-state index is 17.3. The van der Waals surface area contributed by atoms with Gasteiger partial charge in [0.05, 0.1) is 6.10 Å². The van der Waals surface area contributed by atoms with E-state index in [-0.39, 0.29) is 31.3 Å². The molecule has 8 heteroatoms. The number of ketones is 2. The number of aliphatic hydroxyl groups is 2. The predicted octanol–water partition coefficient (Wildman–Crippen LogP) is 3.58. The summed E-state index contributed by atoms with van der Waals surface area (Å²) in [4.78, 5) is 38.1. The first-order chi connectivity index (χ1) is 16.3. The molecule has 0 aromatic carbocycles. The maximum Gasteiger partial charge on any atom is 0.306 e. The van der Waals surface area contributed by atoms with Crippen LogP contribution in [-0.2, 0) is 19.1 Å². The van der Waals surface area contributed by atoms with Crippen LogP contribution in [-0.4, -0.2) is 57.9 Å². The number of fused-ring (bicyclic) bond motifs is 5. The van der Waals surface area contributed by atoms with Gasteiger partial charge < -0.3 is 14.9 Å². The second kappa shape index (κ2) is 8.58. The Kier molecular flexibility index (Phi) is 6.41. The van der Waals surface area contributed by atoms with Gasteiger partial charge in [0.15, 0.2) is 17.1 Å². The normalized spacial score (nSPS) is 46.3. The number of hydrogen-bond donors (Lipinski definition) is 2. The molecule has 2 unspecified atom stereocenters. The minimum Gasteiger partial charge on any atom is -0.450 e. The fourth-order valence-electron chi connectivity index (χ4n) is 8.06. The van der Waals surface area contributed by atoms with E-state index in [1.807, 2.05) is 6.92 Å². The third kappa shape index (κ3) is 3.28. The highest BCUT2D eigenvalue weighted by molar-refractivity contribution is 6.01. The summed E-state index contributed by atoms with van der Waals surface area (Å²) in [6, 6.07) is 0. The van der Waals surface area contributed by atoms with E-state index in [1.54, 1.807) is 13.8 Å². The number of Topliss-reactive ketones (excluding diaryl/α,β-unsaturated/α-hetero) is 1. The number of rotatable bonds is 6. The van der Waals surface area contributed by atoms with Crippen LogP contribution in [0.2, 0.25) is 0 Å². The first-order valence-corrected chi connectivity index (χ1v) is 12.7. The molecule has 194 valence electrons. The molecule has 0 aromatic rings. The van der Waals surface area contributed by atoms with Crippen LogP contribution in [0.25, 0.3) is 0 Å². The number of halogens is 2. The van der Waals surface area contributed by atoms with E-state index in [9.17, 15) is 24.6 Å². The second-order valence-corrected chi connectivity index (χ2v) is 11.4. The van der Waals surface area contributed by atoms with Crippen molar-refractivity contribution >= 4 is 17.5 Å². The van der Waals surface area contributed by atoms with E-state index in [4.69, 9.17) is 4.74 Å². The molecule has 0 aromatic heterocycles. The quantitative estimate of drug-likeness (QED) is 0.548. The van der Waals surface area contributed by atoms with Gasteiger partial charge in [0.2, 0.25) is 5.78 Å². The maximum absolute atomic E-state index is 17.3. The molecule has 3 fully saturated rings. The Morgan fingerprint density at radius 1 is 1.23 bits per heavy atom. The van der Waals surface area contributed by atoms with E-state index in [1.165, 1.54) is 19.1 Å². The highest BCUT2D eigenvalue weighted by atomic mass is 19.1. The van der Waals surface area contributed by atoms with Gasteiger partial charge in [0.1, 0.15) is 12.8 Å². The molecule has 0 radical (unpaired) electrons. The lowest BCUT2D eigenvalue weighted by Crippen LogP contribution is -2.71. The molecule has 4 aliphatic carbocycles. The summed E-state index contributed by atoms with van der Waals surface area (Å²) in [6.45, 7) is 6.01. The number of esters is 1. The summed E-state index contributed by atoms with van der Waals surface area (Å²) >= 11 is 0. The third-order valence-electron chi connectivity index (χ3n) is 9.74. The van der Waals surface area contributed by atoms with Gasteiger partial charge in [-0.05, 0) is 56.3 Å². The first-order valence-electron chi connectivity index (χ1n) is 12.7. The van der Waals surface area contributed by atoms with Crippen LogP contribution in [0.5, 0.6) is 0 Å². The lowest BCUT2D eigenvalue weighted by Gasteiger charge is -2.63. The molecule has 3 saturated carbocycles. The van der Waals surface area contributed by atoms with Crippen molar-refractivity contribution in [3.63, 3.8) is 0 Å². The van der Waals surface area contributed by atoms with E-state index in [0.717, 1.165) is 12.5 Å². The van der Waals surface area contributed by atoms with Crippen molar-refractivity contribution in [1.29, 1.82) is 0 Å². The lowest BCUT2D eigenvalue weighted by molar-refractivity contribution is -0.231. The van der Waals surface area contributed by atoms with Gasteiger partial charge in [0, 0.05) is 29.1 Å². The Labute approximate surface area is 204 Å². The zero-order chi connectivity index (χ0) is 26.0. The van der Waals surface area contributed by atoms with Crippen LogP contribution in [0.1, 0.15) is 66.2 Å². The average Bonchev–Trinajstić information content (AvgIpc) is 3.02. The molecule has 4 aliphatic rings. The van der Waals surface area contributed by atoms with Gasteiger partial charge in [-0.25, -0.2) is 8.78 Å². The van der Waals surface area contributed by atoms with Crippen LogP contribution >= 0.6 is 0 Å². The molecular formula is C27H36F2O6. The molecule has 0 aliphatic heterocycles. The molecule has 0 bridgehead atoms. The minimum absolute atomic E-state index is 0.0288. The Morgan fingerprint density at radius 3 is 2.54 bits per heavy atom. The van der Waals surface area contributed by atoms with E-state index >= 15 is 8.78 Å². The summed E-state index contributed by atoms with van der Waals surface area (Å²) in [5, 5.41) is 21.3. The number of hydrogen-bond acceptors (Lipinski definition) is 6. The Balaban J connectivity index is 1.83. The highest BCUT2D eigenvalue weighted by Crippen LogP contribution is 2.71. The van der Waals surface area contributed by atoms with E-state index in [2.05, 4.69) is 0 Å². The van der Waals surface area contributed by atoms with Crippen LogP contribution < -0.4 is 0 Å². The molecule has 9 atom stereocenters. The standard InChI is InChI=1S/C27H36F2O6/c1-5-6-7-23(34)35-27(22(33)14-30)15(2)10-17-18-12-20(28)19-11-16(31)8-9-24(19,3)26(18,29)21(32)13-25(17,27)4/h8-9,11,15,17-18,20-21,30,32H,5-7,10,12-14H2,1-4H3/t15?,17-,18-,20?,21-,24-,25-,26-,27+/m0/s1. The largest absolute Gasteiger partial charge is 0.450 e. The minimum atomic E-state index is -2.28. The third-order valence-corrected chi connectivity index (χ3v) is 9.74. The molecule has 0 amide bonds. The number of ether oxygens (including phenoxy) is 1. The van der Waals surface area contributed by atoms with Crippen molar-refractivity contribution in [2.75, 3.05) is 6.61 Å². The topological polar surface area (TPSA) is 101 Å². The number of aliphatic hydroxyl groups excluding tert-OH is 2. The molecule has 2 N–H and O–H groups in total. The van der Waals surface area contributed by atoms with Crippen molar-refractivity contribution < 1.29 is 38.1 Å². The Morgan fingerprint density at radius 2 is 1.91 bits per heavy atom. The predicted molar refractivity (Wildman–Crippen MR) is 124 cm³/mol. The van der Waals surface area contributed by atoms with Crippen LogP contribution in [0.3, 0.4) is 0 Å². The SMILES string of the molecule is CCCCC(=O)O[C@@]1(C(=O)CO)C(C)C[C@H]2[C@@H]3CC(F)C4=CC(=O)C=C[C@]4(C)[C@@]3(F)[C@@H](O)C[C@@]21C. The van der Waals surface area contributed by atoms with E-state index in [0.29, 0.717) is 6.42 Å². The first kappa shape index (κ1) is 26.1. The van der Waals surface area contributed by atoms with Crippen LogP contribution in [0, 0.1) is 28.6 Å². The number of carbonyl (C=O) groups is 3. The molecular weight excluding hydrogens is 458 g/mol. The van der Waals surface area contributed by atoms with Crippen molar-refractivity contribution in [2.45, 2.75) is 89.8 Å². The number of alkyl halides is 2. The Bertz CT molecular complexity index is 992. The zero-order valence-corrected chi connectivity index (χ0v) is 20.9. The molecule has 4 rings (SSSR count). The van der Waals surface area contributed by atoms with E-state index < -0.39 is 76.3 Å². The zero-order valence-electron chi connectivity index (χ0n) is 20.9. The molecule has 6 nitrogen and oxygen atoms in total. The Hall–Kier alpha value is -1.93. The van der Waals surface area contributed by atoms with Gasteiger partial charge in [-0.15, -0.1) is 0 Å². The second-order valence-electron chi connectivity index (χ2n) is 11.4. The molecule has 0 heterocycles. The highest BCUT2D eigenvalue weighted by Gasteiger charge is 2.78. The van der Waals surface area contributed by atoms with Crippen molar-refractivity contribution in [3.8, 4) is 0 Å². The van der Waals surface area contributed by atoms with Gasteiger partial charge in [-0.1, -0.05) is 33.3 Å². The fourth-order valence-corrected chi connectivity index (χ4v) is 8.06. The lowest BCUT2D eigenvalue weighted by atomic mass is 9.44. The van der Waals surface area contributed by atoms with Crippen molar-refractivity contribution in [1.82, 2.24) is 0 Å². The van der Waals surface area contributed by atoms with Gasteiger partial charge in [-0.2, -0.15) is 0 Å². The number of carbonyl (C=O) groups excluding carboxylic acids is 3. The average molecular weight is 495 g/mol. The van der Waals surface area contributed by atoms with Crippen molar-refractivity contribution in [2.24, 2.45) is 28.6 Å². The molecule has 35 heavy (non-hydrogen) atoms. The summed E-state index contributed by atoms with van der Waals surface area (Å²) in [6.07, 6.45) is 1.74. The summed E-state index contributed by atoms with van der Waals surface area (Å²) in [5.74, 6) is -3.82. The van der Waals surface area contributed by atoms with Crippen molar-refractivity contribution in [3.05, 3.63) is 23.8 Å². The van der Waals surface area contributed by atoms with Gasteiger partial charge >= 0.3 is 5.97 Å². The number of unbranched alkanes of at least 4 members (excludes halogenated alkanes) is 1. The fraction of sp³-hybridized carbons (Fsp3) is 0.741. The summed E-state index contributed by atoms with van der Waals surface area (Å²) < 4.78 is 38.8. The molecule has 0 saturated heterocycles.